The van der Waals surface area contributed by atoms with E-state index >= 15 is 0 Å². The smallest absolute Gasteiger partial charge is 0.327 e. The van der Waals surface area contributed by atoms with E-state index in [1.165, 1.54) is 6.07 Å². The number of amides is 1. The number of para-hydroxylation sites is 1. The van der Waals surface area contributed by atoms with Crippen LogP contribution in [0.3, 0.4) is 0 Å². The molecule has 0 saturated heterocycles. The molecule has 3 nitrogen and oxygen atoms in total. The summed E-state index contributed by atoms with van der Waals surface area (Å²) in [7, 11) is 0. The van der Waals surface area contributed by atoms with E-state index in [0.29, 0.717) is 10.9 Å². The van der Waals surface area contributed by atoms with Crippen molar-refractivity contribution in [3.8, 4) is 0 Å². The van der Waals surface area contributed by atoms with Crippen molar-refractivity contribution in [1.29, 1.82) is 0 Å². The first kappa shape index (κ1) is 17.0. The molecular weight excluding hydrogens is 341 g/mol. The van der Waals surface area contributed by atoms with E-state index in [1.54, 1.807) is 31.2 Å². The molecule has 0 N–H and O–H groups in total. The fourth-order valence-electron chi connectivity index (χ4n) is 2.90. The van der Waals surface area contributed by atoms with Crippen LogP contribution >= 0.6 is 11.6 Å². The third-order valence-electron chi connectivity index (χ3n) is 4.32. The standard InChI is InChI=1S/C17H16ClF3N2O/c1-10(11-6-7-11)23(9-17(19,20)21)16(24)13-8-15(18)22-14-5-3-2-4-12(13)14/h2-5,8,10-11H,6-7,9H2,1H3/t10-/m1/s1. The van der Waals surface area contributed by atoms with E-state index in [4.69, 9.17) is 11.6 Å². The highest BCUT2D eigenvalue weighted by Crippen LogP contribution is 2.37. The highest BCUT2D eigenvalue weighted by Gasteiger charge is 2.41. The minimum absolute atomic E-state index is 0.0862. The van der Waals surface area contributed by atoms with E-state index in [-0.39, 0.29) is 16.6 Å². The highest BCUT2D eigenvalue weighted by atomic mass is 35.5. The summed E-state index contributed by atoms with van der Waals surface area (Å²) in [6, 6.07) is 7.67. The summed E-state index contributed by atoms with van der Waals surface area (Å²) in [5, 5.41) is 0.588. The number of hydrogen-bond donors (Lipinski definition) is 0. The average molecular weight is 357 g/mol. The Bertz CT molecular complexity index is 774. The van der Waals surface area contributed by atoms with Crippen molar-refractivity contribution < 1.29 is 18.0 Å². The van der Waals surface area contributed by atoms with E-state index in [1.807, 2.05) is 0 Å². The second-order valence-corrected chi connectivity index (χ2v) is 6.52. The Morgan fingerprint density at radius 3 is 2.67 bits per heavy atom. The summed E-state index contributed by atoms with van der Waals surface area (Å²) in [4.78, 5) is 17.9. The van der Waals surface area contributed by atoms with Crippen molar-refractivity contribution in [2.45, 2.75) is 32.0 Å². The fraction of sp³-hybridized carbons (Fsp3) is 0.412. The van der Waals surface area contributed by atoms with Gasteiger partial charge in [-0.05, 0) is 37.8 Å². The second kappa shape index (κ2) is 6.24. The number of rotatable bonds is 4. The molecule has 1 saturated carbocycles. The van der Waals surface area contributed by atoms with Crippen molar-refractivity contribution in [3.63, 3.8) is 0 Å². The minimum Gasteiger partial charge on any atom is -0.327 e. The molecule has 1 aliphatic rings. The zero-order valence-electron chi connectivity index (χ0n) is 13.0. The van der Waals surface area contributed by atoms with Crippen LogP contribution in [0.15, 0.2) is 30.3 Å². The van der Waals surface area contributed by atoms with Gasteiger partial charge in [-0.3, -0.25) is 4.79 Å². The first-order valence-corrected chi connectivity index (χ1v) is 8.07. The molecule has 0 spiro atoms. The lowest BCUT2D eigenvalue weighted by Gasteiger charge is -2.30. The van der Waals surface area contributed by atoms with Crippen molar-refractivity contribution in [2.75, 3.05) is 6.54 Å². The van der Waals surface area contributed by atoms with Crippen LogP contribution in [-0.4, -0.2) is 34.6 Å². The second-order valence-electron chi connectivity index (χ2n) is 6.14. The van der Waals surface area contributed by atoms with Gasteiger partial charge in [-0.15, -0.1) is 0 Å². The number of halogens is 4. The number of alkyl halides is 3. The summed E-state index contributed by atoms with van der Waals surface area (Å²) in [6.45, 7) is 0.407. The summed E-state index contributed by atoms with van der Waals surface area (Å²) in [5.41, 5.74) is 0.640. The van der Waals surface area contributed by atoms with Gasteiger partial charge in [-0.1, -0.05) is 29.8 Å². The Balaban J connectivity index is 2.03. The Labute approximate surface area is 142 Å². The Hall–Kier alpha value is -1.82. The molecule has 1 atom stereocenters. The van der Waals surface area contributed by atoms with Crippen molar-refractivity contribution in [2.24, 2.45) is 5.92 Å². The van der Waals surface area contributed by atoms with Crippen LogP contribution in [0, 0.1) is 5.92 Å². The van der Waals surface area contributed by atoms with Gasteiger partial charge in [0.25, 0.3) is 5.91 Å². The predicted octanol–water partition coefficient (Wildman–Crippen LogP) is 4.69. The molecule has 24 heavy (non-hydrogen) atoms. The molecule has 7 heteroatoms. The normalized spacial score (nSPS) is 16.2. The third-order valence-corrected chi connectivity index (χ3v) is 4.52. The number of benzene rings is 1. The molecule has 1 amide bonds. The SMILES string of the molecule is C[C@H](C1CC1)N(CC(F)(F)F)C(=O)c1cc(Cl)nc2ccccc12. The lowest BCUT2D eigenvalue weighted by Crippen LogP contribution is -2.45. The molecule has 1 aliphatic carbocycles. The molecular formula is C17H16ClF3N2O. The summed E-state index contributed by atoms with van der Waals surface area (Å²) < 4.78 is 39.0. The number of fused-ring (bicyclic) bond motifs is 1. The maximum atomic E-state index is 13.0. The van der Waals surface area contributed by atoms with E-state index in [9.17, 15) is 18.0 Å². The van der Waals surface area contributed by atoms with Crippen molar-refractivity contribution in [1.82, 2.24) is 9.88 Å². The molecule has 3 rings (SSSR count). The summed E-state index contributed by atoms with van der Waals surface area (Å²) in [6.07, 6.45) is -2.76. The monoisotopic (exact) mass is 356 g/mol. The highest BCUT2D eigenvalue weighted by molar-refractivity contribution is 6.30. The van der Waals surface area contributed by atoms with Crippen LogP contribution in [-0.2, 0) is 0 Å². The maximum absolute atomic E-state index is 13.0. The number of nitrogens with zero attached hydrogens (tertiary/aromatic N) is 2. The lowest BCUT2D eigenvalue weighted by molar-refractivity contribution is -0.144. The van der Waals surface area contributed by atoms with Gasteiger partial charge in [0, 0.05) is 11.4 Å². The van der Waals surface area contributed by atoms with Crippen molar-refractivity contribution >= 4 is 28.4 Å². The van der Waals surface area contributed by atoms with E-state index < -0.39 is 24.7 Å². The summed E-state index contributed by atoms with van der Waals surface area (Å²) in [5.74, 6) is -0.535. The summed E-state index contributed by atoms with van der Waals surface area (Å²) >= 11 is 5.96. The van der Waals surface area contributed by atoms with Crippen LogP contribution < -0.4 is 0 Å². The molecule has 0 unspecified atom stereocenters. The zero-order chi connectivity index (χ0) is 17.5. The Morgan fingerprint density at radius 2 is 2.04 bits per heavy atom. The molecule has 1 fully saturated rings. The molecule has 0 bridgehead atoms. The van der Waals surface area contributed by atoms with Crippen LogP contribution in [0.1, 0.15) is 30.1 Å². The predicted molar refractivity (Wildman–Crippen MR) is 86.0 cm³/mol. The number of pyridine rings is 1. The first-order chi connectivity index (χ1) is 11.3. The molecule has 1 aromatic heterocycles. The largest absolute Gasteiger partial charge is 0.406 e. The van der Waals surface area contributed by atoms with Crippen LogP contribution in [0.2, 0.25) is 5.15 Å². The number of carbonyl (C=O) groups excluding carboxylic acids is 1. The zero-order valence-corrected chi connectivity index (χ0v) is 13.7. The quantitative estimate of drug-likeness (QED) is 0.744. The van der Waals surface area contributed by atoms with Gasteiger partial charge in [0.2, 0.25) is 0 Å². The van der Waals surface area contributed by atoms with Gasteiger partial charge >= 0.3 is 6.18 Å². The van der Waals surface area contributed by atoms with Gasteiger partial charge in [0.1, 0.15) is 11.7 Å². The van der Waals surface area contributed by atoms with Crippen LogP contribution in [0.5, 0.6) is 0 Å². The Morgan fingerprint density at radius 1 is 1.38 bits per heavy atom. The Kier molecular flexibility index (Phi) is 4.42. The lowest BCUT2D eigenvalue weighted by atomic mass is 10.1. The maximum Gasteiger partial charge on any atom is 0.406 e. The van der Waals surface area contributed by atoms with E-state index in [2.05, 4.69) is 4.98 Å². The minimum atomic E-state index is -4.45. The van der Waals surface area contributed by atoms with Gasteiger partial charge < -0.3 is 4.90 Å². The van der Waals surface area contributed by atoms with Gasteiger partial charge in [-0.25, -0.2) is 4.98 Å². The topological polar surface area (TPSA) is 33.2 Å². The molecule has 0 aliphatic heterocycles. The molecule has 0 radical (unpaired) electrons. The molecule has 1 aromatic carbocycles. The fourth-order valence-corrected chi connectivity index (χ4v) is 3.10. The van der Waals surface area contributed by atoms with Gasteiger partial charge in [0.15, 0.2) is 0 Å². The first-order valence-electron chi connectivity index (χ1n) is 7.69. The number of aromatic nitrogens is 1. The molecule has 1 heterocycles. The average Bonchev–Trinajstić information content (AvgIpc) is 3.34. The molecule has 128 valence electrons. The number of hydrogen-bond acceptors (Lipinski definition) is 2. The third kappa shape index (κ3) is 3.64. The van der Waals surface area contributed by atoms with Crippen molar-refractivity contribution in [3.05, 3.63) is 41.0 Å². The van der Waals surface area contributed by atoms with Gasteiger partial charge in [-0.2, -0.15) is 13.2 Å². The number of carbonyl (C=O) groups is 1. The van der Waals surface area contributed by atoms with Gasteiger partial charge in [0.05, 0.1) is 11.1 Å². The molecule has 2 aromatic rings. The van der Waals surface area contributed by atoms with Crippen LogP contribution in [0.4, 0.5) is 13.2 Å². The van der Waals surface area contributed by atoms with Crippen LogP contribution in [0.25, 0.3) is 10.9 Å². The van der Waals surface area contributed by atoms with E-state index in [0.717, 1.165) is 17.7 Å².